The Bertz CT molecular complexity index is 760. The molecule has 0 unspecified atom stereocenters. The maximum absolute atomic E-state index is 13.2. The Morgan fingerprint density at radius 1 is 1.26 bits per heavy atom. The third-order valence-corrected chi connectivity index (χ3v) is 4.08. The average molecular weight is 312 g/mol. The molecule has 0 bridgehead atoms. The van der Waals surface area contributed by atoms with E-state index in [1.165, 1.54) is 17.0 Å². The highest BCUT2D eigenvalue weighted by Crippen LogP contribution is 2.29. The van der Waals surface area contributed by atoms with Gasteiger partial charge in [0.1, 0.15) is 11.9 Å². The summed E-state index contributed by atoms with van der Waals surface area (Å²) in [4.78, 5) is 26.1. The molecule has 0 radical (unpaired) electrons. The molecule has 2 aromatic carbocycles. The molecule has 4 nitrogen and oxygen atoms in total. The Kier molecular flexibility index (Phi) is 4.10. The Labute approximate surface area is 133 Å². The van der Waals surface area contributed by atoms with E-state index in [-0.39, 0.29) is 24.2 Å². The molecule has 1 atom stereocenters. The van der Waals surface area contributed by atoms with Crippen LogP contribution in [0.15, 0.2) is 48.5 Å². The summed E-state index contributed by atoms with van der Waals surface area (Å²) >= 11 is 0. The van der Waals surface area contributed by atoms with Gasteiger partial charge in [-0.25, -0.2) is 4.39 Å². The van der Waals surface area contributed by atoms with Crippen molar-refractivity contribution in [3.63, 3.8) is 0 Å². The number of likely N-dealkylation sites (N-methyl/N-ethyl adjacent to an activating group) is 1. The molecular weight excluding hydrogens is 295 g/mol. The van der Waals surface area contributed by atoms with Gasteiger partial charge in [-0.05, 0) is 28.8 Å². The zero-order chi connectivity index (χ0) is 16.4. The van der Waals surface area contributed by atoms with Crippen LogP contribution in [0, 0.1) is 5.82 Å². The smallest absolute Gasteiger partial charge is 0.247 e. The predicted molar refractivity (Wildman–Crippen MR) is 83.9 cm³/mol. The summed E-state index contributed by atoms with van der Waals surface area (Å²) < 4.78 is 13.2. The van der Waals surface area contributed by atoms with Gasteiger partial charge in [-0.3, -0.25) is 9.59 Å². The molecule has 2 amide bonds. The number of nitrogens with zero attached hydrogens (tertiary/aromatic N) is 1. The van der Waals surface area contributed by atoms with Gasteiger partial charge in [0.05, 0.1) is 6.42 Å². The molecule has 1 N–H and O–H groups in total. The summed E-state index contributed by atoms with van der Waals surface area (Å²) in [5.74, 6) is -0.695. The second kappa shape index (κ2) is 6.20. The number of benzene rings is 2. The largest absolute Gasteiger partial charge is 0.350 e. The van der Waals surface area contributed by atoms with Crippen molar-refractivity contribution in [3.05, 3.63) is 71.0 Å². The summed E-state index contributed by atoms with van der Waals surface area (Å²) in [6.45, 7) is 0.220. The van der Waals surface area contributed by atoms with E-state index in [2.05, 4.69) is 5.32 Å². The minimum absolute atomic E-state index is 0.0883. The van der Waals surface area contributed by atoms with E-state index in [0.717, 1.165) is 11.1 Å². The minimum atomic E-state index is -0.652. The van der Waals surface area contributed by atoms with Crippen LogP contribution in [-0.4, -0.2) is 23.8 Å². The summed E-state index contributed by atoms with van der Waals surface area (Å²) in [5.41, 5.74) is 2.39. The Morgan fingerprint density at radius 2 is 2.04 bits per heavy atom. The quantitative estimate of drug-likeness (QED) is 0.944. The van der Waals surface area contributed by atoms with Crippen LogP contribution in [0.3, 0.4) is 0 Å². The Hall–Kier alpha value is -2.69. The molecule has 2 aromatic rings. The van der Waals surface area contributed by atoms with Gasteiger partial charge < -0.3 is 10.2 Å². The van der Waals surface area contributed by atoms with Crippen molar-refractivity contribution in [3.8, 4) is 0 Å². The highest BCUT2D eigenvalue weighted by molar-refractivity contribution is 5.92. The van der Waals surface area contributed by atoms with E-state index in [1.807, 2.05) is 24.3 Å². The number of carbonyl (C=O) groups is 2. The standard InChI is InChI=1S/C18H17FN2O2/c1-21-16(22)10-13-6-2-3-8-15(13)17(21)18(23)20-11-12-5-4-7-14(19)9-12/h2-9,17H,10-11H2,1H3,(H,20,23)/t17-/m1/s1. The van der Waals surface area contributed by atoms with Crippen LogP contribution in [0.1, 0.15) is 22.7 Å². The van der Waals surface area contributed by atoms with Gasteiger partial charge in [0.2, 0.25) is 11.8 Å². The van der Waals surface area contributed by atoms with Crippen LogP contribution in [0.4, 0.5) is 4.39 Å². The molecule has 0 fully saturated rings. The van der Waals surface area contributed by atoms with Crippen LogP contribution in [0.5, 0.6) is 0 Å². The zero-order valence-electron chi connectivity index (χ0n) is 12.8. The first-order valence-corrected chi connectivity index (χ1v) is 7.42. The van der Waals surface area contributed by atoms with Gasteiger partial charge in [0, 0.05) is 13.6 Å². The Balaban J connectivity index is 1.79. The first-order valence-electron chi connectivity index (χ1n) is 7.42. The second-order valence-corrected chi connectivity index (χ2v) is 5.63. The van der Waals surface area contributed by atoms with Crippen molar-refractivity contribution in [1.82, 2.24) is 10.2 Å². The van der Waals surface area contributed by atoms with Crippen LogP contribution in [0.2, 0.25) is 0 Å². The minimum Gasteiger partial charge on any atom is -0.350 e. The molecule has 0 aromatic heterocycles. The van der Waals surface area contributed by atoms with E-state index >= 15 is 0 Å². The summed E-state index contributed by atoms with van der Waals surface area (Å²) in [7, 11) is 1.63. The molecule has 0 saturated carbocycles. The van der Waals surface area contributed by atoms with Crippen molar-refractivity contribution in [2.24, 2.45) is 0 Å². The number of amides is 2. The molecule has 1 heterocycles. The molecule has 3 rings (SSSR count). The van der Waals surface area contributed by atoms with Gasteiger partial charge in [-0.15, -0.1) is 0 Å². The van der Waals surface area contributed by atoms with Crippen molar-refractivity contribution >= 4 is 11.8 Å². The summed E-state index contributed by atoms with van der Waals surface area (Å²) in [6, 6.07) is 12.9. The SMILES string of the molecule is CN1C(=O)Cc2ccccc2[C@@H]1C(=O)NCc1cccc(F)c1. The predicted octanol–water partition coefficient (Wildman–Crippen LogP) is 2.20. The lowest BCUT2D eigenvalue weighted by atomic mass is 9.92. The van der Waals surface area contributed by atoms with Crippen molar-refractivity contribution in [2.45, 2.75) is 19.0 Å². The lowest BCUT2D eigenvalue weighted by Crippen LogP contribution is -2.45. The summed E-state index contributed by atoms with van der Waals surface area (Å²) in [5, 5.41) is 2.79. The molecule has 1 aliphatic rings. The fourth-order valence-electron chi connectivity index (χ4n) is 2.85. The molecule has 0 aliphatic carbocycles. The van der Waals surface area contributed by atoms with Crippen molar-refractivity contribution in [2.75, 3.05) is 7.05 Å². The van der Waals surface area contributed by atoms with Crippen LogP contribution in [0.25, 0.3) is 0 Å². The van der Waals surface area contributed by atoms with Gasteiger partial charge in [0.25, 0.3) is 0 Å². The lowest BCUT2D eigenvalue weighted by Gasteiger charge is -2.33. The van der Waals surface area contributed by atoms with E-state index < -0.39 is 6.04 Å². The van der Waals surface area contributed by atoms with E-state index in [1.54, 1.807) is 19.2 Å². The number of hydrogen-bond acceptors (Lipinski definition) is 2. The number of hydrogen-bond donors (Lipinski definition) is 1. The normalized spacial score (nSPS) is 16.9. The van der Waals surface area contributed by atoms with Crippen molar-refractivity contribution in [1.29, 1.82) is 0 Å². The molecule has 0 saturated heterocycles. The monoisotopic (exact) mass is 312 g/mol. The molecular formula is C18H17FN2O2. The van der Waals surface area contributed by atoms with E-state index in [0.29, 0.717) is 12.0 Å². The van der Waals surface area contributed by atoms with Crippen LogP contribution in [-0.2, 0) is 22.6 Å². The van der Waals surface area contributed by atoms with Crippen LogP contribution < -0.4 is 5.32 Å². The molecule has 118 valence electrons. The number of rotatable bonds is 3. The lowest BCUT2D eigenvalue weighted by molar-refractivity contribution is -0.140. The highest BCUT2D eigenvalue weighted by Gasteiger charge is 2.34. The molecule has 5 heteroatoms. The van der Waals surface area contributed by atoms with Gasteiger partial charge >= 0.3 is 0 Å². The molecule has 23 heavy (non-hydrogen) atoms. The summed E-state index contributed by atoms with van der Waals surface area (Å²) in [6.07, 6.45) is 0.306. The zero-order valence-corrected chi connectivity index (χ0v) is 12.8. The van der Waals surface area contributed by atoms with Crippen molar-refractivity contribution < 1.29 is 14.0 Å². The topological polar surface area (TPSA) is 49.4 Å². The highest BCUT2D eigenvalue weighted by atomic mass is 19.1. The molecule has 1 aliphatic heterocycles. The fourth-order valence-corrected chi connectivity index (χ4v) is 2.85. The van der Waals surface area contributed by atoms with Gasteiger partial charge in [-0.2, -0.15) is 0 Å². The maximum Gasteiger partial charge on any atom is 0.247 e. The average Bonchev–Trinajstić information content (AvgIpc) is 2.54. The maximum atomic E-state index is 13.2. The molecule has 0 spiro atoms. The first kappa shape index (κ1) is 15.2. The van der Waals surface area contributed by atoms with Crippen LogP contribution >= 0.6 is 0 Å². The number of halogens is 1. The van der Waals surface area contributed by atoms with E-state index in [4.69, 9.17) is 0 Å². The number of nitrogens with one attached hydrogen (secondary N) is 1. The number of carbonyl (C=O) groups excluding carboxylic acids is 2. The van der Waals surface area contributed by atoms with Gasteiger partial charge in [-0.1, -0.05) is 36.4 Å². The Morgan fingerprint density at radius 3 is 2.83 bits per heavy atom. The van der Waals surface area contributed by atoms with E-state index in [9.17, 15) is 14.0 Å². The number of fused-ring (bicyclic) bond motifs is 1. The first-order chi connectivity index (χ1) is 11.1. The second-order valence-electron chi connectivity index (χ2n) is 5.63. The third kappa shape index (κ3) is 3.08. The third-order valence-electron chi connectivity index (χ3n) is 4.08. The van der Waals surface area contributed by atoms with Gasteiger partial charge in [0.15, 0.2) is 0 Å². The fraction of sp³-hybridized carbons (Fsp3) is 0.222.